The minimum atomic E-state index is -1.14. The minimum Gasteiger partial charge on any atom is -0.475 e. The number of nitrogens with one attached hydrogen (secondary N) is 1. The summed E-state index contributed by atoms with van der Waals surface area (Å²) in [7, 11) is 0. The molecule has 126 valence electrons. The lowest BCUT2D eigenvalue weighted by Crippen LogP contribution is -2.44. The molecule has 0 spiro atoms. The first kappa shape index (κ1) is 16.4. The summed E-state index contributed by atoms with van der Waals surface area (Å²) in [5.74, 6) is -0.504. The van der Waals surface area contributed by atoms with Gasteiger partial charge in [0.2, 0.25) is 17.6 Å². The molecule has 2 heterocycles. The number of hydrogen-bond acceptors (Lipinski definition) is 5. The van der Waals surface area contributed by atoms with Crippen molar-refractivity contribution in [2.45, 2.75) is 19.4 Å². The molecule has 24 heavy (non-hydrogen) atoms. The van der Waals surface area contributed by atoms with Crippen molar-refractivity contribution < 1.29 is 23.9 Å². The van der Waals surface area contributed by atoms with E-state index in [0.717, 1.165) is 0 Å². The predicted molar refractivity (Wildman–Crippen MR) is 90.1 cm³/mol. The van der Waals surface area contributed by atoms with Gasteiger partial charge in [-0.25, -0.2) is 4.79 Å². The van der Waals surface area contributed by atoms with Crippen molar-refractivity contribution in [1.82, 2.24) is 4.90 Å². The average Bonchev–Trinajstić information content (AvgIpc) is 3.20. The number of carboxylic acids is 1. The fourth-order valence-electron chi connectivity index (χ4n) is 2.56. The maximum Gasteiger partial charge on any atom is 0.371 e. The average molecular weight is 348 g/mol. The lowest BCUT2D eigenvalue weighted by atomic mass is 10.2. The van der Waals surface area contributed by atoms with Crippen LogP contribution in [0.2, 0.25) is 0 Å². The van der Waals surface area contributed by atoms with Gasteiger partial charge in [0, 0.05) is 23.2 Å². The van der Waals surface area contributed by atoms with Crippen molar-refractivity contribution >= 4 is 46.2 Å². The van der Waals surface area contributed by atoms with Gasteiger partial charge < -0.3 is 19.7 Å². The van der Waals surface area contributed by atoms with Gasteiger partial charge in [-0.3, -0.25) is 9.59 Å². The van der Waals surface area contributed by atoms with E-state index in [-0.39, 0.29) is 17.6 Å². The maximum absolute atomic E-state index is 12.5. The van der Waals surface area contributed by atoms with Gasteiger partial charge in [0.05, 0.1) is 5.88 Å². The van der Waals surface area contributed by atoms with Crippen LogP contribution >= 0.6 is 11.8 Å². The molecule has 0 radical (unpaired) electrons. The van der Waals surface area contributed by atoms with E-state index < -0.39 is 12.0 Å². The molecule has 1 aliphatic rings. The number of benzene rings is 1. The number of hydrogen-bond donors (Lipinski definition) is 2. The SMILES string of the molecule is CCC(=O)N1CSCC1C(=O)Nc1ccc2oc(C(=O)O)cc2c1. The molecule has 1 atom stereocenters. The van der Waals surface area contributed by atoms with Gasteiger partial charge in [-0.1, -0.05) is 6.92 Å². The molecule has 1 unspecified atom stereocenters. The Balaban J connectivity index is 1.77. The Hall–Kier alpha value is -2.48. The number of nitrogens with zero attached hydrogens (tertiary/aromatic N) is 1. The molecule has 3 rings (SSSR count). The van der Waals surface area contributed by atoms with E-state index in [2.05, 4.69) is 5.32 Å². The summed E-state index contributed by atoms with van der Waals surface area (Å²) in [6, 6.07) is 5.82. The molecule has 0 aliphatic carbocycles. The molecule has 0 saturated carbocycles. The second-order valence-electron chi connectivity index (χ2n) is 5.39. The quantitative estimate of drug-likeness (QED) is 0.880. The topological polar surface area (TPSA) is 99.9 Å². The molecule has 1 aliphatic heterocycles. The number of amides is 2. The number of anilines is 1. The Bertz CT molecular complexity index is 816. The van der Waals surface area contributed by atoms with Crippen LogP contribution in [-0.4, -0.2) is 45.5 Å². The zero-order valence-corrected chi connectivity index (χ0v) is 13.8. The van der Waals surface area contributed by atoms with E-state index in [4.69, 9.17) is 9.52 Å². The summed E-state index contributed by atoms with van der Waals surface area (Å²) >= 11 is 1.55. The van der Waals surface area contributed by atoms with Crippen LogP contribution in [-0.2, 0) is 9.59 Å². The molecule has 2 amide bonds. The third-order valence-electron chi connectivity index (χ3n) is 3.80. The van der Waals surface area contributed by atoms with E-state index in [1.807, 2.05) is 0 Å². The third-order valence-corrected chi connectivity index (χ3v) is 4.81. The van der Waals surface area contributed by atoms with Crippen LogP contribution < -0.4 is 5.32 Å². The van der Waals surface area contributed by atoms with Crippen molar-refractivity contribution in [2.75, 3.05) is 16.9 Å². The van der Waals surface area contributed by atoms with E-state index in [0.29, 0.717) is 34.7 Å². The second-order valence-corrected chi connectivity index (χ2v) is 6.39. The number of carbonyl (C=O) groups excluding carboxylic acids is 2. The zero-order valence-electron chi connectivity index (χ0n) is 12.9. The molecule has 7 nitrogen and oxygen atoms in total. The van der Waals surface area contributed by atoms with Gasteiger partial charge in [0.1, 0.15) is 11.6 Å². The van der Waals surface area contributed by atoms with Crippen LogP contribution in [0.3, 0.4) is 0 Å². The highest BCUT2D eigenvalue weighted by atomic mass is 32.2. The summed E-state index contributed by atoms with van der Waals surface area (Å²) in [5, 5.41) is 12.3. The fourth-order valence-corrected chi connectivity index (χ4v) is 3.74. The third kappa shape index (κ3) is 3.09. The predicted octanol–water partition coefficient (Wildman–Crippen LogP) is 2.38. The number of rotatable bonds is 4. The highest BCUT2D eigenvalue weighted by Gasteiger charge is 2.33. The number of thioether (sulfide) groups is 1. The molecule has 8 heteroatoms. The Morgan fingerprint density at radius 1 is 1.38 bits per heavy atom. The molecule has 1 aromatic carbocycles. The van der Waals surface area contributed by atoms with Crippen LogP contribution in [0.4, 0.5) is 5.69 Å². The Labute approximate surface area is 142 Å². The summed E-state index contributed by atoms with van der Waals surface area (Å²) < 4.78 is 5.18. The van der Waals surface area contributed by atoms with Crippen molar-refractivity contribution in [3.05, 3.63) is 30.0 Å². The van der Waals surface area contributed by atoms with Gasteiger partial charge in [-0.05, 0) is 24.3 Å². The zero-order chi connectivity index (χ0) is 17.3. The molecule has 0 bridgehead atoms. The van der Waals surface area contributed by atoms with Crippen LogP contribution in [0, 0.1) is 0 Å². The van der Waals surface area contributed by atoms with Gasteiger partial charge >= 0.3 is 5.97 Å². The van der Waals surface area contributed by atoms with Crippen molar-refractivity contribution in [3.8, 4) is 0 Å². The molecule has 2 aromatic rings. The number of aromatic carboxylic acids is 1. The van der Waals surface area contributed by atoms with E-state index in [1.54, 1.807) is 41.8 Å². The summed E-state index contributed by atoms with van der Waals surface area (Å²) in [5.41, 5.74) is 0.968. The van der Waals surface area contributed by atoms with E-state index >= 15 is 0 Å². The Morgan fingerprint density at radius 3 is 2.88 bits per heavy atom. The van der Waals surface area contributed by atoms with E-state index in [9.17, 15) is 14.4 Å². The standard InChI is InChI=1S/C16H16N2O5S/c1-2-14(19)18-8-24-7-11(18)15(20)17-10-3-4-12-9(5-10)6-13(23-12)16(21)22/h3-6,11H,2,7-8H2,1H3,(H,17,20)(H,21,22). The first-order valence-electron chi connectivity index (χ1n) is 7.44. The van der Waals surface area contributed by atoms with Gasteiger partial charge in [0.15, 0.2) is 0 Å². The molecule has 2 N–H and O–H groups in total. The normalized spacial score (nSPS) is 17.2. The van der Waals surface area contributed by atoms with Crippen molar-refractivity contribution in [2.24, 2.45) is 0 Å². The smallest absolute Gasteiger partial charge is 0.371 e. The molecule has 1 fully saturated rings. The first-order chi connectivity index (χ1) is 11.5. The number of fused-ring (bicyclic) bond motifs is 1. The second kappa shape index (κ2) is 6.56. The highest BCUT2D eigenvalue weighted by Crippen LogP contribution is 2.25. The number of furan rings is 1. The summed E-state index contributed by atoms with van der Waals surface area (Å²) in [6.07, 6.45) is 0.364. The van der Waals surface area contributed by atoms with Crippen molar-refractivity contribution in [3.63, 3.8) is 0 Å². The summed E-state index contributed by atoms with van der Waals surface area (Å²) in [6.45, 7) is 1.77. The number of carboxylic acid groups (broad SMARTS) is 1. The Kier molecular flexibility index (Phi) is 4.48. The summed E-state index contributed by atoms with van der Waals surface area (Å²) in [4.78, 5) is 36.9. The van der Waals surface area contributed by atoms with Gasteiger partial charge in [-0.15, -0.1) is 11.8 Å². The van der Waals surface area contributed by atoms with Crippen LogP contribution in [0.25, 0.3) is 11.0 Å². The minimum absolute atomic E-state index is 0.0449. The largest absolute Gasteiger partial charge is 0.475 e. The van der Waals surface area contributed by atoms with Crippen LogP contribution in [0.1, 0.15) is 23.9 Å². The Morgan fingerprint density at radius 2 is 2.17 bits per heavy atom. The van der Waals surface area contributed by atoms with Crippen LogP contribution in [0.15, 0.2) is 28.7 Å². The van der Waals surface area contributed by atoms with Gasteiger partial charge in [0.25, 0.3) is 0 Å². The fraction of sp³-hybridized carbons (Fsp3) is 0.312. The van der Waals surface area contributed by atoms with E-state index in [1.165, 1.54) is 6.07 Å². The highest BCUT2D eigenvalue weighted by molar-refractivity contribution is 7.99. The monoisotopic (exact) mass is 348 g/mol. The molecule has 1 aromatic heterocycles. The number of carbonyl (C=O) groups is 3. The molecular formula is C16H16N2O5S. The maximum atomic E-state index is 12.5. The molecule has 1 saturated heterocycles. The van der Waals surface area contributed by atoms with Crippen molar-refractivity contribution in [1.29, 1.82) is 0 Å². The van der Waals surface area contributed by atoms with Gasteiger partial charge in [-0.2, -0.15) is 0 Å². The van der Waals surface area contributed by atoms with Crippen LogP contribution in [0.5, 0.6) is 0 Å². The first-order valence-corrected chi connectivity index (χ1v) is 8.60. The molecular weight excluding hydrogens is 332 g/mol. The lowest BCUT2D eigenvalue weighted by Gasteiger charge is -2.22. The lowest BCUT2D eigenvalue weighted by molar-refractivity contribution is -0.135.